The van der Waals surface area contributed by atoms with Crippen LogP contribution in [0.4, 0.5) is 5.69 Å². The van der Waals surface area contributed by atoms with Crippen LogP contribution in [0.15, 0.2) is 42.5 Å². The van der Waals surface area contributed by atoms with E-state index >= 15 is 0 Å². The molecule has 2 aromatic carbocycles. The molecule has 0 atom stereocenters. The lowest BCUT2D eigenvalue weighted by molar-refractivity contribution is -0.116. The summed E-state index contributed by atoms with van der Waals surface area (Å²) in [5.41, 5.74) is 3.74. The van der Waals surface area contributed by atoms with Gasteiger partial charge in [0.1, 0.15) is 0 Å². The van der Waals surface area contributed by atoms with Gasteiger partial charge in [-0.05, 0) is 43.5 Å². The molecule has 0 aromatic heterocycles. The zero-order valence-corrected chi connectivity index (χ0v) is 15.0. The molecule has 0 saturated carbocycles. The average Bonchev–Trinajstić information content (AvgIpc) is 2.86. The Morgan fingerprint density at radius 3 is 2.54 bits per heavy atom. The number of hydrogen-bond acceptors (Lipinski definition) is 3. The van der Waals surface area contributed by atoms with Crippen LogP contribution in [0.3, 0.4) is 0 Å². The molecule has 2 aromatic rings. The second kappa shape index (κ2) is 7.52. The first-order chi connectivity index (χ1) is 12.5. The number of benzene rings is 2. The van der Waals surface area contributed by atoms with E-state index in [0.29, 0.717) is 17.5 Å². The van der Waals surface area contributed by atoms with Crippen LogP contribution in [0.5, 0.6) is 0 Å². The van der Waals surface area contributed by atoms with Crippen molar-refractivity contribution in [3.8, 4) is 0 Å². The van der Waals surface area contributed by atoms with Crippen molar-refractivity contribution < 1.29 is 14.4 Å². The lowest BCUT2D eigenvalue weighted by atomic mass is 10.1. The summed E-state index contributed by atoms with van der Waals surface area (Å²) >= 11 is 0. The fraction of sp³-hybridized carbons (Fsp3) is 0.286. The zero-order valence-electron chi connectivity index (χ0n) is 15.0. The number of nitrogens with one attached hydrogen (secondary N) is 1. The van der Waals surface area contributed by atoms with E-state index in [4.69, 9.17) is 0 Å². The maximum atomic E-state index is 12.4. The number of imide groups is 1. The van der Waals surface area contributed by atoms with Gasteiger partial charge in [-0.15, -0.1) is 0 Å². The third-order valence-corrected chi connectivity index (χ3v) is 4.58. The van der Waals surface area contributed by atoms with Gasteiger partial charge in [0.05, 0.1) is 11.1 Å². The summed E-state index contributed by atoms with van der Waals surface area (Å²) in [6.07, 6.45) is 1.53. The number of carbonyl (C=O) groups is 3. The predicted molar refractivity (Wildman–Crippen MR) is 100 cm³/mol. The van der Waals surface area contributed by atoms with Crippen LogP contribution in [0.25, 0.3) is 0 Å². The summed E-state index contributed by atoms with van der Waals surface area (Å²) in [6.45, 7) is 4.17. The molecule has 0 spiro atoms. The highest BCUT2D eigenvalue weighted by atomic mass is 16.2. The molecule has 0 radical (unpaired) electrons. The minimum absolute atomic E-state index is 0.113. The van der Waals surface area contributed by atoms with Gasteiger partial charge < -0.3 is 5.32 Å². The third-order valence-electron chi connectivity index (χ3n) is 4.58. The summed E-state index contributed by atoms with van der Waals surface area (Å²) in [7, 11) is 0. The number of fused-ring (bicyclic) bond motifs is 1. The van der Waals surface area contributed by atoms with Crippen molar-refractivity contribution in [2.75, 3.05) is 11.9 Å². The topological polar surface area (TPSA) is 66.5 Å². The van der Waals surface area contributed by atoms with Crippen LogP contribution in [-0.4, -0.2) is 29.2 Å². The van der Waals surface area contributed by atoms with Gasteiger partial charge in [-0.3, -0.25) is 19.3 Å². The van der Waals surface area contributed by atoms with Crippen molar-refractivity contribution in [3.63, 3.8) is 0 Å². The Kier molecular flexibility index (Phi) is 5.16. The van der Waals surface area contributed by atoms with Gasteiger partial charge >= 0.3 is 0 Å². The summed E-state index contributed by atoms with van der Waals surface area (Å²) in [4.78, 5) is 38.2. The number of nitrogens with zero attached hydrogens (tertiary/aromatic N) is 1. The lowest BCUT2D eigenvalue weighted by Gasteiger charge is -2.14. The molecular formula is C21H22N2O3. The molecule has 0 unspecified atom stereocenters. The molecule has 26 heavy (non-hydrogen) atoms. The Balaban J connectivity index is 1.56. The largest absolute Gasteiger partial charge is 0.326 e. The van der Waals surface area contributed by atoms with E-state index in [1.54, 1.807) is 12.1 Å². The monoisotopic (exact) mass is 350 g/mol. The quantitative estimate of drug-likeness (QED) is 0.810. The van der Waals surface area contributed by atoms with Crippen molar-refractivity contribution in [1.82, 2.24) is 4.90 Å². The minimum atomic E-state index is -0.276. The van der Waals surface area contributed by atoms with Crippen LogP contribution in [0.2, 0.25) is 0 Å². The Labute approximate surface area is 153 Å². The Morgan fingerprint density at radius 2 is 1.77 bits per heavy atom. The normalized spacial score (nSPS) is 13.1. The first kappa shape index (κ1) is 17.9. The van der Waals surface area contributed by atoms with Crippen molar-refractivity contribution in [2.45, 2.75) is 33.1 Å². The molecule has 5 heteroatoms. The van der Waals surface area contributed by atoms with Crippen LogP contribution in [-0.2, 0) is 11.2 Å². The fourth-order valence-corrected chi connectivity index (χ4v) is 3.17. The summed E-state index contributed by atoms with van der Waals surface area (Å²) in [5, 5.41) is 2.91. The minimum Gasteiger partial charge on any atom is -0.326 e. The number of aryl methyl sites for hydroxylation is 2. The molecule has 3 rings (SSSR count). The van der Waals surface area contributed by atoms with Crippen LogP contribution in [0, 0.1) is 6.92 Å². The summed E-state index contributed by atoms with van der Waals surface area (Å²) in [5.74, 6) is -0.662. The highest BCUT2D eigenvalue weighted by Crippen LogP contribution is 2.24. The van der Waals surface area contributed by atoms with E-state index in [9.17, 15) is 14.4 Å². The number of anilines is 1. The smallest absolute Gasteiger partial charge is 0.261 e. The van der Waals surface area contributed by atoms with E-state index in [2.05, 4.69) is 5.32 Å². The molecular weight excluding hydrogens is 328 g/mol. The molecule has 134 valence electrons. The van der Waals surface area contributed by atoms with Crippen LogP contribution >= 0.6 is 0 Å². The predicted octanol–water partition coefficient (Wildman–Crippen LogP) is 3.57. The van der Waals surface area contributed by atoms with E-state index < -0.39 is 0 Å². The van der Waals surface area contributed by atoms with Crippen LogP contribution < -0.4 is 5.32 Å². The number of carbonyl (C=O) groups excluding carboxylic acids is 3. The maximum absolute atomic E-state index is 12.4. The van der Waals surface area contributed by atoms with E-state index in [0.717, 1.165) is 23.2 Å². The maximum Gasteiger partial charge on any atom is 0.261 e. The van der Waals surface area contributed by atoms with E-state index in [-0.39, 0.29) is 30.7 Å². The standard InChI is InChI=1S/C21H22N2O3/c1-3-15-7-4-5-8-18(15)22-19(24)9-6-12-23-20(25)16-11-10-14(2)13-17(16)21(23)26/h4-5,7-8,10-11,13H,3,6,9,12H2,1-2H3,(H,22,24). The first-order valence-electron chi connectivity index (χ1n) is 8.86. The van der Waals surface area contributed by atoms with Crippen LogP contribution in [0.1, 0.15) is 51.6 Å². The molecule has 0 fully saturated rings. The summed E-state index contributed by atoms with van der Waals surface area (Å²) < 4.78 is 0. The Bertz CT molecular complexity index is 873. The highest BCUT2D eigenvalue weighted by Gasteiger charge is 2.34. The van der Waals surface area contributed by atoms with Gasteiger partial charge in [0.2, 0.25) is 5.91 Å². The number of hydrogen-bond donors (Lipinski definition) is 1. The SMILES string of the molecule is CCc1ccccc1NC(=O)CCCN1C(=O)c2ccc(C)cc2C1=O. The van der Waals surface area contributed by atoms with E-state index in [1.807, 2.05) is 44.2 Å². The molecule has 0 aliphatic carbocycles. The number of rotatable bonds is 6. The Morgan fingerprint density at radius 1 is 1.04 bits per heavy atom. The van der Waals surface area contributed by atoms with Gasteiger partial charge in [-0.25, -0.2) is 0 Å². The molecule has 1 aliphatic heterocycles. The van der Waals surface area contributed by atoms with Gasteiger partial charge in [-0.2, -0.15) is 0 Å². The van der Waals surface area contributed by atoms with Crippen molar-refractivity contribution in [2.24, 2.45) is 0 Å². The molecule has 1 heterocycles. The second-order valence-electron chi connectivity index (χ2n) is 6.47. The van der Waals surface area contributed by atoms with Gasteiger partial charge in [0, 0.05) is 18.7 Å². The Hall–Kier alpha value is -2.95. The molecule has 3 amide bonds. The lowest BCUT2D eigenvalue weighted by Crippen LogP contribution is -2.31. The molecule has 5 nitrogen and oxygen atoms in total. The van der Waals surface area contributed by atoms with Gasteiger partial charge in [-0.1, -0.05) is 36.8 Å². The highest BCUT2D eigenvalue weighted by molar-refractivity contribution is 6.21. The van der Waals surface area contributed by atoms with Gasteiger partial charge in [0.15, 0.2) is 0 Å². The van der Waals surface area contributed by atoms with Crippen molar-refractivity contribution >= 4 is 23.4 Å². The number of amides is 3. The third kappa shape index (κ3) is 3.52. The first-order valence-corrected chi connectivity index (χ1v) is 8.86. The number of para-hydroxylation sites is 1. The van der Waals surface area contributed by atoms with Gasteiger partial charge in [0.25, 0.3) is 11.8 Å². The zero-order chi connectivity index (χ0) is 18.7. The average molecular weight is 350 g/mol. The van der Waals surface area contributed by atoms with Crippen molar-refractivity contribution in [3.05, 3.63) is 64.7 Å². The molecule has 1 N–H and O–H groups in total. The molecule has 1 aliphatic rings. The van der Waals surface area contributed by atoms with E-state index in [1.165, 1.54) is 4.90 Å². The molecule has 0 saturated heterocycles. The second-order valence-corrected chi connectivity index (χ2v) is 6.47. The van der Waals surface area contributed by atoms with Crippen molar-refractivity contribution in [1.29, 1.82) is 0 Å². The molecule has 0 bridgehead atoms. The summed E-state index contributed by atoms with van der Waals surface area (Å²) in [6, 6.07) is 12.9. The fourth-order valence-electron chi connectivity index (χ4n) is 3.17.